The summed E-state index contributed by atoms with van der Waals surface area (Å²) in [6.45, 7) is 3.47. The Morgan fingerprint density at radius 3 is 2.28 bits per heavy atom. The molecular weight excluding hydrogens is 421 g/mol. The molecule has 8 heteroatoms. The average Bonchev–Trinajstić information content (AvgIpc) is 3.34. The summed E-state index contributed by atoms with van der Waals surface area (Å²) in [6, 6.07) is 5.20. The van der Waals surface area contributed by atoms with Gasteiger partial charge in [-0.1, -0.05) is 18.2 Å². The zero-order valence-corrected chi connectivity index (χ0v) is 18.3. The van der Waals surface area contributed by atoms with E-state index in [9.17, 15) is 22.8 Å². The van der Waals surface area contributed by atoms with Crippen LogP contribution in [0, 0.1) is 5.92 Å². The third kappa shape index (κ3) is 4.80. The van der Waals surface area contributed by atoms with E-state index in [1.54, 1.807) is 11.0 Å². The van der Waals surface area contributed by atoms with E-state index in [0.29, 0.717) is 51.1 Å². The number of alkyl halides is 3. The van der Waals surface area contributed by atoms with Gasteiger partial charge in [0.05, 0.1) is 11.0 Å². The predicted molar refractivity (Wildman–Crippen MR) is 113 cm³/mol. The van der Waals surface area contributed by atoms with Crippen molar-refractivity contribution < 1.29 is 27.5 Å². The van der Waals surface area contributed by atoms with Crippen LogP contribution in [0.5, 0.6) is 0 Å². The molecular formula is C24H31F3N2O3. The maximum Gasteiger partial charge on any atom is 0.416 e. The van der Waals surface area contributed by atoms with Gasteiger partial charge in [-0.25, -0.2) is 0 Å². The summed E-state index contributed by atoms with van der Waals surface area (Å²) >= 11 is 0. The van der Waals surface area contributed by atoms with Crippen LogP contribution >= 0.6 is 0 Å². The highest BCUT2D eigenvalue weighted by Crippen LogP contribution is 2.40. The number of piperidine rings is 1. The molecule has 0 unspecified atom stereocenters. The van der Waals surface area contributed by atoms with Crippen molar-refractivity contribution in [3.8, 4) is 0 Å². The SMILES string of the molecule is O=C(CC1CCN(C(=O)C2(c3cccc(C(F)(F)F)c3)CCOCC2)CC1)N1CCCC1. The van der Waals surface area contributed by atoms with Crippen molar-refractivity contribution in [2.75, 3.05) is 39.4 Å². The Kier molecular flexibility index (Phi) is 6.79. The molecule has 3 fully saturated rings. The van der Waals surface area contributed by atoms with E-state index >= 15 is 0 Å². The quantitative estimate of drug-likeness (QED) is 0.694. The molecule has 3 aliphatic heterocycles. The number of benzene rings is 1. The van der Waals surface area contributed by atoms with Crippen LogP contribution in [0.25, 0.3) is 0 Å². The van der Waals surface area contributed by atoms with Gasteiger partial charge in [0.2, 0.25) is 11.8 Å². The van der Waals surface area contributed by atoms with Crippen LogP contribution in [0.2, 0.25) is 0 Å². The van der Waals surface area contributed by atoms with Gasteiger partial charge in [0.25, 0.3) is 0 Å². The molecule has 32 heavy (non-hydrogen) atoms. The van der Waals surface area contributed by atoms with Crippen molar-refractivity contribution in [3.05, 3.63) is 35.4 Å². The molecule has 0 aliphatic carbocycles. The third-order valence-corrected chi connectivity index (χ3v) is 7.32. The summed E-state index contributed by atoms with van der Waals surface area (Å²) in [5.41, 5.74) is -1.29. The fourth-order valence-corrected chi connectivity index (χ4v) is 5.32. The molecule has 1 aromatic rings. The van der Waals surface area contributed by atoms with Gasteiger partial charge in [-0.2, -0.15) is 13.2 Å². The lowest BCUT2D eigenvalue weighted by molar-refractivity contribution is -0.144. The van der Waals surface area contributed by atoms with Crippen molar-refractivity contribution in [3.63, 3.8) is 0 Å². The van der Waals surface area contributed by atoms with Gasteiger partial charge in [-0.05, 0) is 56.1 Å². The number of hydrogen-bond donors (Lipinski definition) is 0. The molecule has 5 nitrogen and oxygen atoms in total. The molecule has 0 N–H and O–H groups in total. The Hall–Kier alpha value is -2.09. The minimum absolute atomic E-state index is 0.107. The Morgan fingerprint density at radius 2 is 1.66 bits per heavy atom. The van der Waals surface area contributed by atoms with Gasteiger partial charge < -0.3 is 14.5 Å². The summed E-state index contributed by atoms with van der Waals surface area (Å²) in [5, 5.41) is 0. The van der Waals surface area contributed by atoms with Gasteiger partial charge in [0.1, 0.15) is 0 Å². The number of ether oxygens (including phenoxy) is 1. The Labute approximate surface area is 186 Å². The number of hydrogen-bond acceptors (Lipinski definition) is 3. The smallest absolute Gasteiger partial charge is 0.381 e. The number of carbonyl (C=O) groups excluding carboxylic acids is 2. The first kappa shape index (κ1) is 23.1. The van der Waals surface area contributed by atoms with Crippen molar-refractivity contribution >= 4 is 11.8 Å². The first-order valence-corrected chi connectivity index (χ1v) is 11.6. The molecule has 4 rings (SSSR count). The molecule has 0 bridgehead atoms. The monoisotopic (exact) mass is 452 g/mol. The van der Waals surface area contributed by atoms with Crippen LogP contribution in [-0.2, 0) is 25.9 Å². The second kappa shape index (κ2) is 9.41. The van der Waals surface area contributed by atoms with Crippen LogP contribution in [0.1, 0.15) is 56.1 Å². The highest BCUT2D eigenvalue weighted by molar-refractivity contribution is 5.88. The molecule has 1 aromatic carbocycles. The number of amides is 2. The van der Waals surface area contributed by atoms with Crippen LogP contribution < -0.4 is 0 Å². The standard InChI is InChI=1S/C24H31F3N2O3/c25-24(26,27)20-5-3-4-19(17-20)23(8-14-32-15-9-23)22(31)29-12-6-18(7-13-29)16-21(30)28-10-1-2-11-28/h3-5,17-18H,1-2,6-16H2. The molecule has 3 saturated heterocycles. The average molecular weight is 453 g/mol. The highest BCUT2D eigenvalue weighted by atomic mass is 19.4. The molecule has 0 spiro atoms. The predicted octanol–water partition coefficient (Wildman–Crippen LogP) is 4.00. The normalized spacial score (nSPS) is 22.2. The maximum atomic E-state index is 13.7. The number of likely N-dealkylation sites (tertiary alicyclic amines) is 2. The number of halogens is 3. The molecule has 3 heterocycles. The van der Waals surface area contributed by atoms with Crippen LogP contribution in [0.15, 0.2) is 24.3 Å². The van der Waals surface area contributed by atoms with Crippen LogP contribution in [-0.4, -0.2) is 61.0 Å². The summed E-state index contributed by atoms with van der Waals surface area (Å²) in [4.78, 5) is 29.9. The molecule has 0 saturated carbocycles. The second-order valence-corrected chi connectivity index (χ2v) is 9.30. The van der Waals surface area contributed by atoms with Gasteiger partial charge in [0.15, 0.2) is 0 Å². The minimum Gasteiger partial charge on any atom is -0.381 e. The summed E-state index contributed by atoms with van der Waals surface area (Å²) < 4.78 is 45.4. The molecule has 176 valence electrons. The van der Waals surface area contributed by atoms with Crippen molar-refractivity contribution in [2.45, 2.75) is 56.5 Å². The first-order chi connectivity index (χ1) is 15.3. The van der Waals surface area contributed by atoms with Crippen LogP contribution in [0.4, 0.5) is 13.2 Å². The Morgan fingerprint density at radius 1 is 1.00 bits per heavy atom. The minimum atomic E-state index is -4.45. The number of carbonyl (C=O) groups is 2. The fraction of sp³-hybridized carbons (Fsp3) is 0.667. The van der Waals surface area contributed by atoms with E-state index in [2.05, 4.69) is 0 Å². The number of nitrogens with zero attached hydrogens (tertiary/aromatic N) is 2. The zero-order valence-electron chi connectivity index (χ0n) is 18.3. The highest BCUT2D eigenvalue weighted by Gasteiger charge is 2.45. The van der Waals surface area contributed by atoms with Crippen molar-refractivity contribution in [2.24, 2.45) is 5.92 Å². The largest absolute Gasteiger partial charge is 0.416 e. The molecule has 0 atom stereocenters. The van der Waals surface area contributed by atoms with E-state index < -0.39 is 17.2 Å². The Bertz CT molecular complexity index is 822. The van der Waals surface area contributed by atoms with E-state index in [0.717, 1.165) is 50.9 Å². The summed E-state index contributed by atoms with van der Waals surface area (Å²) in [6.07, 6.45) is 0.461. The molecule has 0 aromatic heterocycles. The lowest BCUT2D eigenvalue weighted by Crippen LogP contribution is -2.52. The van der Waals surface area contributed by atoms with E-state index in [1.165, 1.54) is 6.07 Å². The van der Waals surface area contributed by atoms with Crippen molar-refractivity contribution in [1.82, 2.24) is 9.80 Å². The lowest BCUT2D eigenvalue weighted by Gasteiger charge is -2.42. The van der Waals surface area contributed by atoms with Gasteiger partial charge >= 0.3 is 6.18 Å². The summed E-state index contributed by atoms with van der Waals surface area (Å²) in [5.74, 6) is 0.355. The van der Waals surface area contributed by atoms with Gasteiger partial charge in [-0.15, -0.1) is 0 Å². The second-order valence-electron chi connectivity index (χ2n) is 9.30. The molecule has 2 amide bonds. The maximum absolute atomic E-state index is 13.7. The van der Waals surface area contributed by atoms with Crippen molar-refractivity contribution in [1.29, 1.82) is 0 Å². The molecule has 3 aliphatic rings. The van der Waals surface area contributed by atoms with E-state index in [-0.39, 0.29) is 17.7 Å². The topological polar surface area (TPSA) is 49.9 Å². The van der Waals surface area contributed by atoms with Crippen LogP contribution in [0.3, 0.4) is 0 Å². The first-order valence-electron chi connectivity index (χ1n) is 11.6. The Balaban J connectivity index is 1.46. The summed E-state index contributed by atoms with van der Waals surface area (Å²) in [7, 11) is 0. The molecule has 0 radical (unpaired) electrons. The fourth-order valence-electron chi connectivity index (χ4n) is 5.32. The third-order valence-electron chi connectivity index (χ3n) is 7.32. The van der Waals surface area contributed by atoms with Gasteiger partial charge in [-0.3, -0.25) is 9.59 Å². The zero-order chi connectivity index (χ0) is 22.8. The van der Waals surface area contributed by atoms with E-state index in [4.69, 9.17) is 4.74 Å². The number of rotatable bonds is 4. The van der Waals surface area contributed by atoms with E-state index in [1.807, 2.05) is 4.90 Å². The van der Waals surface area contributed by atoms with Gasteiger partial charge in [0, 0.05) is 45.8 Å². The lowest BCUT2D eigenvalue weighted by atomic mass is 9.72.